The van der Waals surface area contributed by atoms with E-state index < -0.39 is 0 Å². The monoisotopic (exact) mass is 534 g/mol. The maximum absolute atomic E-state index is 13.8. The molecule has 0 unspecified atom stereocenters. The molecule has 39 heavy (non-hydrogen) atoms. The van der Waals surface area contributed by atoms with Gasteiger partial charge in [-0.2, -0.15) is 5.10 Å². The third kappa shape index (κ3) is 6.17. The fourth-order valence-corrected chi connectivity index (χ4v) is 6.83. The van der Waals surface area contributed by atoms with Crippen LogP contribution in [-0.2, 0) is 9.59 Å². The van der Waals surface area contributed by atoms with Gasteiger partial charge in [-0.25, -0.2) is 9.67 Å². The van der Waals surface area contributed by atoms with E-state index in [1.165, 1.54) is 6.33 Å². The third-order valence-corrected chi connectivity index (χ3v) is 8.92. The smallest absolute Gasteiger partial charge is 0.256 e. The Morgan fingerprint density at radius 2 is 1.90 bits per heavy atom. The molecule has 1 aromatic heterocycles. The van der Waals surface area contributed by atoms with Crippen molar-refractivity contribution in [2.24, 2.45) is 23.7 Å². The molecule has 3 fully saturated rings. The number of carbonyl (C=O) groups excluding carboxylic acids is 3. The summed E-state index contributed by atoms with van der Waals surface area (Å²) >= 11 is 0. The third-order valence-electron chi connectivity index (χ3n) is 8.92. The number of likely N-dealkylation sites (tertiary alicyclic amines) is 1. The van der Waals surface area contributed by atoms with Crippen LogP contribution in [0.3, 0.4) is 0 Å². The van der Waals surface area contributed by atoms with E-state index in [4.69, 9.17) is 0 Å². The minimum absolute atomic E-state index is 0.00653. The molecule has 9 heteroatoms. The summed E-state index contributed by atoms with van der Waals surface area (Å²) in [6.07, 6.45) is 8.46. The van der Waals surface area contributed by atoms with Gasteiger partial charge in [-0.15, -0.1) is 0 Å². The molecule has 0 spiro atoms. The topological polar surface area (TPSA) is 100 Å². The van der Waals surface area contributed by atoms with Crippen molar-refractivity contribution in [2.75, 3.05) is 19.6 Å². The molecule has 210 valence electrons. The van der Waals surface area contributed by atoms with Crippen LogP contribution in [0.2, 0.25) is 0 Å². The molecule has 5 rings (SSSR count). The summed E-state index contributed by atoms with van der Waals surface area (Å²) in [5, 5.41) is 7.49. The first-order valence-corrected chi connectivity index (χ1v) is 14.6. The van der Waals surface area contributed by atoms with Crippen molar-refractivity contribution in [2.45, 2.75) is 77.8 Å². The second kappa shape index (κ2) is 11.9. The lowest BCUT2D eigenvalue weighted by Gasteiger charge is -2.51. The van der Waals surface area contributed by atoms with Crippen molar-refractivity contribution >= 4 is 17.7 Å². The molecule has 3 saturated heterocycles. The van der Waals surface area contributed by atoms with Crippen molar-refractivity contribution in [3.05, 3.63) is 42.5 Å². The molecular weight excluding hydrogens is 492 g/mol. The molecule has 3 aliphatic rings. The zero-order valence-corrected chi connectivity index (χ0v) is 23.5. The van der Waals surface area contributed by atoms with Gasteiger partial charge in [-0.3, -0.25) is 14.4 Å². The van der Waals surface area contributed by atoms with Crippen LogP contribution in [0.1, 0.15) is 76.1 Å². The lowest BCUT2D eigenvalue weighted by Crippen LogP contribution is -2.60. The molecule has 2 aromatic rings. The molecule has 3 amide bonds. The van der Waals surface area contributed by atoms with Crippen LogP contribution >= 0.6 is 0 Å². The average molecular weight is 535 g/mol. The predicted octanol–water partition coefficient (Wildman–Crippen LogP) is 3.69. The summed E-state index contributed by atoms with van der Waals surface area (Å²) in [4.78, 5) is 48.4. The zero-order valence-electron chi connectivity index (χ0n) is 23.5. The number of para-hydroxylation sites is 1. The highest BCUT2D eigenvalue weighted by atomic mass is 16.2. The van der Waals surface area contributed by atoms with Crippen LogP contribution in [-0.4, -0.2) is 74.0 Å². The molecule has 9 nitrogen and oxygen atoms in total. The predicted molar refractivity (Wildman–Crippen MR) is 148 cm³/mol. The van der Waals surface area contributed by atoms with Crippen LogP contribution < -0.4 is 5.32 Å². The molecule has 1 aromatic carbocycles. The van der Waals surface area contributed by atoms with Crippen LogP contribution in [0.25, 0.3) is 5.69 Å². The van der Waals surface area contributed by atoms with Gasteiger partial charge in [0, 0.05) is 44.6 Å². The summed E-state index contributed by atoms with van der Waals surface area (Å²) in [6, 6.07) is 7.72. The van der Waals surface area contributed by atoms with E-state index in [0.717, 1.165) is 32.1 Å². The summed E-state index contributed by atoms with van der Waals surface area (Å²) in [7, 11) is 0. The number of amides is 3. The molecule has 0 radical (unpaired) electrons. The van der Waals surface area contributed by atoms with Crippen LogP contribution in [0.4, 0.5) is 0 Å². The molecule has 3 aliphatic heterocycles. The van der Waals surface area contributed by atoms with Crippen LogP contribution in [0.5, 0.6) is 0 Å². The number of hydrogen-bond acceptors (Lipinski definition) is 5. The van der Waals surface area contributed by atoms with Crippen LogP contribution in [0.15, 0.2) is 36.9 Å². The van der Waals surface area contributed by atoms with Crippen LogP contribution in [0, 0.1) is 23.7 Å². The first-order valence-electron chi connectivity index (χ1n) is 14.6. The van der Waals surface area contributed by atoms with Gasteiger partial charge < -0.3 is 15.1 Å². The maximum atomic E-state index is 13.8. The second-order valence-electron chi connectivity index (χ2n) is 12.2. The number of benzene rings is 1. The summed E-state index contributed by atoms with van der Waals surface area (Å²) < 4.78 is 1.63. The SMILES string of the molecule is CC(C)[C@@H]1CC[C@@H](C)CC(=O)N2C[C@H]3C[C@H](CN(C(=O)c4ccccc4-n4cncn4)C3)[C@@H]2CCCC(=O)N1. The molecule has 1 N–H and O–H groups in total. The Morgan fingerprint density at radius 1 is 1.08 bits per heavy atom. The largest absolute Gasteiger partial charge is 0.353 e. The van der Waals surface area contributed by atoms with Gasteiger partial charge in [0.05, 0.1) is 11.3 Å². The Hall–Kier alpha value is -3.23. The van der Waals surface area contributed by atoms with E-state index in [1.807, 2.05) is 29.2 Å². The molecule has 0 aliphatic carbocycles. The zero-order chi connectivity index (χ0) is 27.5. The van der Waals surface area contributed by atoms with E-state index >= 15 is 0 Å². The van der Waals surface area contributed by atoms with Gasteiger partial charge in [0.15, 0.2) is 0 Å². The number of hydrogen-bond donors (Lipinski definition) is 1. The molecule has 4 heterocycles. The lowest BCUT2D eigenvalue weighted by atomic mass is 9.77. The summed E-state index contributed by atoms with van der Waals surface area (Å²) in [5.74, 6) is 1.43. The molecular formula is C30H42N6O3. The van der Waals surface area contributed by atoms with Crippen molar-refractivity contribution in [1.82, 2.24) is 29.9 Å². The average Bonchev–Trinajstić information content (AvgIpc) is 3.46. The van der Waals surface area contributed by atoms with E-state index in [1.54, 1.807) is 11.0 Å². The number of rotatable bonds is 3. The van der Waals surface area contributed by atoms with Gasteiger partial charge in [0.25, 0.3) is 5.91 Å². The normalized spacial score (nSPS) is 28.7. The van der Waals surface area contributed by atoms with Gasteiger partial charge in [0.2, 0.25) is 11.8 Å². The number of piperidine rings is 2. The summed E-state index contributed by atoms with van der Waals surface area (Å²) in [5.41, 5.74) is 1.32. The molecule has 0 saturated carbocycles. The Balaban J connectivity index is 1.35. The highest BCUT2D eigenvalue weighted by Gasteiger charge is 2.44. The van der Waals surface area contributed by atoms with Gasteiger partial charge in [-0.05, 0) is 67.9 Å². The van der Waals surface area contributed by atoms with Crippen molar-refractivity contribution in [3.8, 4) is 5.69 Å². The second-order valence-corrected chi connectivity index (χ2v) is 12.2. The minimum Gasteiger partial charge on any atom is -0.353 e. The van der Waals surface area contributed by atoms with E-state index in [-0.39, 0.29) is 47.6 Å². The highest BCUT2D eigenvalue weighted by molar-refractivity contribution is 5.97. The van der Waals surface area contributed by atoms with E-state index in [9.17, 15) is 14.4 Å². The van der Waals surface area contributed by atoms with Gasteiger partial charge >= 0.3 is 0 Å². The number of carbonyl (C=O) groups is 3. The van der Waals surface area contributed by atoms with Gasteiger partial charge in [-0.1, -0.05) is 32.9 Å². The lowest BCUT2D eigenvalue weighted by molar-refractivity contribution is -0.141. The Kier molecular flexibility index (Phi) is 8.33. The Bertz CT molecular complexity index is 1170. The van der Waals surface area contributed by atoms with Crippen molar-refractivity contribution in [1.29, 1.82) is 0 Å². The first-order chi connectivity index (χ1) is 18.8. The van der Waals surface area contributed by atoms with Crippen molar-refractivity contribution < 1.29 is 14.4 Å². The molecule has 2 bridgehead atoms. The number of nitrogens with one attached hydrogen (secondary N) is 1. The Labute approximate surface area is 231 Å². The standard InChI is InChI=1S/C30H42N6O3/c1-20(2)25-12-11-21(3)13-29(38)35-16-22-14-23(26(35)9-6-10-28(37)33-25)17-34(15-22)30(39)24-7-4-5-8-27(24)36-19-31-18-32-36/h4-5,7-8,18-23,25-26H,6,9-17H2,1-3H3,(H,33,37)/t21-,22+,23-,25+,26+/m1/s1. The number of fused-ring (bicyclic) bond motifs is 4. The molecule has 5 atom stereocenters. The first kappa shape index (κ1) is 27.3. The quantitative estimate of drug-likeness (QED) is 0.648. The van der Waals surface area contributed by atoms with Crippen molar-refractivity contribution in [3.63, 3.8) is 0 Å². The fourth-order valence-electron chi connectivity index (χ4n) is 6.83. The number of aromatic nitrogens is 3. The fraction of sp³-hybridized carbons (Fsp3) is 0.633. The number of nitrogens with zero attached hydrogens (tertiary/aromatic N) is 5. The van der Waals surface area contributed by atoms with E-state index in [0.29, 0.717) is 49.6 Å². The Morgan fingerprint density at radius 3 is 2.67 bits per heavy atom. The maximum Gasteiger partial charge on any atom is 0.256 e. The minimum atomic E-state index is -0.00653. The van der Waals surface area contributed by atoms with Gasteiger partial charge in [0.1, 0.15) is 12.7 Å². The van der Waals surface area contributed by atoms with E-state index in [2.05, 4.69) is 41.1 Å². The highest BCUT2D eigenvalue weighted by Crippen LogP contribution is 2.37. The summed E-state index contributed by atoms with van der Waals surface area (Å²) in [6.45, 7) is 8.40.